The van der Waals surface area contributed by atoms with E-state index in [0.29, 0.717) is 35.5 Å². The number of hydrogen-bond acceptors (Lipinski definition) is 5. The van der Waals surface area contributed by atoms with Crippen LogP contribution >= 0.6 is 0 Å². The third-order valence-electron chi connectivity index (χ3n) is 5.00. The molecule has 0 radical (unpaired) electrons. The topological polar surface area (TPSA) is 72.8 Å². The van der Waals surface area contributed by atoms with Gasteiger partial charge < -0.3 is 14.6 Å². The average Bonchev–Trinajstić information content (AvgIpc) is 2.89. The Bertz CT molecular complexity index is 742. The quantitative estimate of drug-likeness (QED) is 0.862. The lowest BCUT2D eigenvalue weighted by Gasteiger charge is -2.49. The molecule has 1 aromatic carbocycles. The molecule has 1 heterocycles. The number of hydrogen-bond donors (Lipinski definition) is 1. The van der Waals surface area contributed by atoms with Crippen molar-refractivity contribution < 1.29 is 24.2 Å². The van der Waals surface area contributed by atoms with E-state index in [0.717, 1.165) is 0 Å². The van der Waals surface area contributed by atoms with Crippen LogP contribution in [0.1, 0.15) is 62.6 Å². The molecule has 0 aromatic heterocycles. The predicted octanol–water partition coefficient (Wildman–Crippen LogP) is 3.12. The Balaban J connectivity index is 2.09. The summed E-state index contributed by atoms with van der Waals surface area (Å²) in [5.74, 6) is 1.08. The molecule has 24 heavy (non-hydrogen) atoms. The van der Waals surface area contributed by atoms with Crippen LogP contribution in [-0.4, -0.2) is 27.9 Å². The smallest absolute Gasteiger partial charge is 0.159 e. The van der Waals surface area contributed by atoms with Crippen LogP contribution in [0.15, 0.2) is 30.0 Å². The lowest BCUT2D eigenvalue weighted by atomic mass is 9.76. The van der Waals surface area contributed by atoms with Crippen molar-refractivity contribution in [2.75, 3.05) is 0 Å². The standard InChI is InChI=1S/C19H22O5/c1-11(20)12-5-8-16-15(9-12)17(19(4,22)18(2,3)24-16)23-14-7-6-13(21)10-14/h5,8-10,17,22H,6-7H2,1-4H3. The largest absolute Gasteiger partial charge is 0.487 e. The van der Waals surface area contributed by atoms with Crippen molar-refractivity contribution in [3.05, 3.63) is 41.2 Å². The van der Waals surface area contributed by atoms with Crippen LogP contribution in [-0.2, 0) is 9.53 Å². The van der Waals surface area contributed by atoms with Gasteiger partial charge in [0.1, 0.15) is 22.7 Å². The third-order valence-corrected chi connectivity index (χ3v) is 5.00. The van der Waals surface area contributed by atoms with Crippen molar-refractivity contribution in [1.82, 2.24) is 0 Å². The fourth-order valence-corrected chi connectivity index (χ4v) is 3.05. The SMILES string of the molecule is CC(=O)c1ccc2c(c1)C(OC1=CC(=O)CC1)C(C)(O)C(C)(C)O2. The van der Waals surface area contributed by atoms with E-state index in [1.165, 1.54) is 13.0 Å². The van der Waals surface area contributed by atoms with Crippen molar-refractivity contribution in [3.8, 4) is 5.75 Å². The Morgan fingerprint density at radius 2 is 2.00 bits per heavy atom. The molecule has 1 N–H and O–H groups in total. The zero-order valence-electron chi connectivity index (χ0n) is 14.4. The summed E-state index contributed by atoms with van der Waals surface area (Å²) in [5, 5.41) is 11.1. The Hall–Kier alpha value is -2.14. The summed E-state index contributed by atoms with van der Waals surface area (Å²) in [7, 11) is 0. The molecular formula is C19H22O5. The molecule has 0 bridgehead atoms. The van der Waals surface area contributed by atoms with Gasteiger partial charge in [-0.15, -0.1) is 0 Å². The van der Waals surface area contributed by atoms with Gasteiger partial charge in [0.05, 0.1) is 0 Å². The highest BCUT2D eigenvalue weighted by molar-refractivity contribution is 5.94. The number of rotatable bonds is 3. The molecule has 1 aliphatic carbocycles. The number of fused-ring (bicyclic) bond motifs is 1. The third kappa shape index (κ3) is 2.63. The summed E-state index contributed by atoms with van der Waals surface area (Å²) in [5.41, 5.74) is -1.10. The molecule has 0 amide bonds. The van der Waals surface area contributed by atoms with Gasteiger partial charge in [-0.2, -0.15) is 0 Å². The molecule has 2 unspecified atom stereocenters. The summed E-state index contributed by atoms with van der Waals surface area (Å²) in [6.45, 7) is 6.72. The second-order valence-electron chi connectivity index (χ2n) is 7.14. The summed E-state index contributed by atoms with van der Waals surface area (Å²) < 4.78 is 12.0. The van der Waals surface area contributed by atoms with Gasteiger partial charge in [0, 0.05) is 30.0 Å². The average molecular weight is 330 g/mol. The molecule has 0 saturated heterocycles. The Morgan fingerprint density at radius 1 is 1.29 bits per heavy atom. The lowest BCUT2D eigenvalue weighted by Crippen LogP contribution is -2.58. The number of benzene rings is 1. The molecule has 5 heteroatoms. The summed E-state index contributed by atoms with van der Waals surface area (Å²) >= 11 is 0. The van der Waals surface area contributed by atoms with Gasteiger partial charge in [0.25, 0.3) is 0 Å². The monoisotopic (exact) mass is 330 g/mol. The van der Waals surface area contributed by atoms with Gasteiger partial charge in [0.15, 0.2) is 17.7 Å². The van der Waals surface area contributed by atoms with E-state index in [1.807, 2.05) is 0 Å². The first-order valence-electron chi connectivity index (χ1n) is 8.08. The summed E-state index contributed by atoms with van der Waals surface area (Å²) in [4.78, 5) is 23.2. The van der Waals surface area contributed by atoms with Crippen LogP contribution in [0.2, 0.25) is 0 Å². The van der Waals surface area contributed by atoms with Crippen LogP contribution in [0.25, 0.3) is 0 Å². The second-order valence-corrected chi connectivity index (χ2v) is 7.14. The van der Waals surface area contributed by atoms with E-state index in [-0.39, 0.29) is 11.6 Å². The first-order chi connectivity index (χ1) is 11.1. The molecule has 0 fully saturated rings. The minimum absolute atomic E-state index is 0.0219. The molecule has 3 rings (SSSR count). The number of carbonyl (C=O) groups is 2. The molecule has 0 spiro atoms. The van der Waals surface area contributed by atoms with Crippen molar-refractivity contribution >= 4 is 11.6 Å². The van der Waals surface area contributed by atoms with Crippen LogP contribution in [0.5, 0.6) is 5.75 Å². The molecule has 1 aliphatic heterocycles. The second kappa shape index (κ2) is 5.45. The maximum absolute atomic E-state index is 11.7. The van der Waals surface area contributed by atoms with Gasteiger partial charge in [-0.05, 0) is 45.9 Å². The Kier molecular flexibility index (Phi) is 3.79. The van der Waals surface area contributed by atoms with Crippen LogP contribution in [0, 0.1) is 0 Å². The zero-order valence-corrected chi connectivity index (χ0v) is 14.4. The first kappa shape index (κ1) is 16.7. The van der Waals surface area contributed by atoms with Crippen molar-refractivity contribution in [1.29, 1.82) is 0 Å². The minimum Gasteiger partial charge on any atom is -0.487 e. The van der Waals surface area contributed by atoms with Gasteiger partial charge in [-0.3, -0.25) is 9.59 Å². The molecule has 2 aliphatic rings. The highest BCUT2D eigenvalue weighted by Crippen LogP contribution is 2.49. The van der Waals surface area contributed by atoms with Crippen molar-refractivity contribution in [2.45, 2.75) is 57.8 Å². The normalized spacial score (nSPS) is 28.0. The predicted molar refractivity (Wildman–Crippen MR) is 87.9 cm³/mol. The fraction of sp³-hybridized carbons (Fsp3) is 0.474. The Morgan fingerprint density at radius 3 is 2.58 bits per heavy atom. The van der Waals surface area contributed by atoms with E-state index in [2.05, 4.69) is 0 Å². The number of Topliss-reactive ketones (excluding diaryl/α,β-unsaturated/α-hetero) is 1. The molecule has 128 valence electrons. The molecule has 2 atom stereocenters. The van der Waals surface area contributed by atoms with Crippen LogP contribution in [0.3, 0.4) is 0 Å². The summed E-state index contributed by atoms with van der Waals surface area (Å²) in [6.07, 6.45) is 1.69. The van der Waals surface area contributed by atoms with Crippen LogP contribution in [0.4, 0.5) is 0 Å². The van der Waals surface area contributed by atoms with Gasteiger partial charge >= 0.3 is 0 Å². The number of ketones is 2. The molecule has 5 nitrogen and oxygen atoms in total. The van der Waals surface area contributed by atoms with E-state index in [9.17, 15) is 14.7 Å². The van der Waals surface area contributed by atoms with E-state index in [1.54, 1.807) is 39.0 Å². The number of aliphatic hydroxyl groups is 1. The number of allylic oxidation sites excluding steroid dienone is 2. The summed E-state index contributed by atoms with van der Waals surface area (Å²) in [6, 6.07) is 5.13. The maximum Gasteiger partial charge on any atom is 0.159 e. The van der Waals surface area contributed by atoms with Gasteiger partial charge in [-0.1, -0.05) is 0 Å². The number of carbonyl (C=O) groups excluding carboxylic acids is 2. The first-order valence-corrected chi connectivity index (χ1v) is 8.08. The van der Waals surface area contributed by atoms with Gasteiger partial charge in [0.2, 0.25) is 0 Å². The number of ether oxygens (including phenoxy) is 2. The fourth-order valence-electron chi connectivity index (χ4n) is 3.05. The zero-order chi connectivity index (χ0) is 17.7. The molecular weight excluding hydrogens is 308 g/mol. The van der Waals surface area contributed by atoms with E-state index < -0.39 is 17.3 Å². The van der Waals surface area contributed by atoms with Crippen LogP contribution < -0.4 is 4.74 Å². The van der Waals surface area contributed by atoms with Gasteiger partial charge in [-0.25, -0.2) is 0 Å². The Labute approximate surface area is 141 Å². The minimum atomic E-state index is -1.35. The van der Waals surface area contributed by atoms with E-state index in [4.69, 9.17) is 9.47 Å². The van der Waals surface area contributed by atoms with E-state index >= 15 is 0 Å². The molecule has 0 saturated carbocycles. The lowest BCUT2D eigenvalue weighted by molar-refractivity contribution is -0.188. The highest BCUT2D eigenvalue weighted by Gasteiger charge is 2.54. The molecule has 1 aromatic rings. The van der Waals surface area contributed by atoms with Crippen molar-refractivity contribution in [3.63, 3.8) is 0 Å². The van der Waals surface area contributed by atoms with Crippen molar-refractivity contribution in [2.24, 2.45) is 0 Å². The highest BCUT2D eigenvalue weighted by atomic mass is 16.6. The maximum atomic E-state index is 11.7.